The van der Waals surface area contributed by atoms with Crippen molar-refractivity contribution >= 4 is 31.6 Å². The topological polar surface area (TPSA) is 60.9 Å². The van der Waals surface area contributed by atoms with Gasteiger partial charge in [-0.05, 0) is 12.1 Å². The van der Waals surface area contributed by atoms with Crippen LogP contribution in [0, 0.1) is 0 Å². The molecule has 0 aliphatic carbocycles. The van der Waals surface area contributed by atoms with Crippen molar-refractivity contribution < 1.29 is 13.5 Å². The number of rotatable bonds is 3. The Bertz CT molecular complexity index is 513. The van der Waals surface area contributed by atoms with Gasteiger partial charge in [0.1, 0.15) is 10.4 Å². The number of piperazine rings is 1. The van der Waals surface area contributed by atoms with Gasteiger partial charge >= 0.3 is 0 Å². The summed E-state index contributed by atoms with van der Waals surface area (Å²) in [4.78, 5) is 2.00. The van der Waals surface area contributed by atoms with E-state index >= 15 is 0 Å². The van der Waals surface area contributed by atoms with Crippen molar-refractivity contribution in [1.82, 2.24) is 4.31 Å². The number of halogens is 1. The highest BCUT2D eigenvalue weighted by atomic mass is 79.9. The lowest BCUT2D eigenvalue weighted by molar-refractivity contribution is 0.384. The molecule has 1 aliphatic rings. The van der Waals surface area contributed by atoms with Crippen LogP contribution in [0.1, 0.15) is 0 Å². The number of nitrogens with zero attached hydrogens (tertiary/aromatic N) is 2. The van der Waals surface area contributed by atoms with Crippen molar-refractivity contribution in [1.29, 1.82) is 0 Å². The third kappa shape index (κ3) is 2.78. The lowest BCUT2D eigenvalue weighted by Crippen LogP contribution is -2.48. The van der Waals surface area contributed by atoms with Gasteiger partial charge < -0.3 is 10.0 Å². The normalized spacial score (nSPS) is 17.9. The number of phenols is 1. The summed E-state index contributed by atoms with van der Waals surface area (Å²) in [5.74, 6) is 0.231. The van der Waals surface area contributed by atoms with Crippen LogP contribution in [0.2, 0.25) is 0 Å². The minimum Gasteiger partial charge on any atom is -0.506 e. The fraction of sp³-hybridized carbons (Fsp3) is 0.455. The van der Waals surface area contributed by atoms with E-state index in [1.54, 1.807) is 12.1 Å². The molecule has 18 heavy (non-hydrogen) atoms. The van der Waals surface area contributed by atoms with Crippen molar-refractivity contribution in [3.8, 4) is 5.75 Å². The third-order valence-corrected chi connectivity index (χ3v) is 6.16. The molecule has 7 heteroatoms. The molecule has 1 N–H and O–H groups in total. The van der Waals surface area contributed by atoms with Crippen LogP contribution in [0.4, 0.5) is 5.69 Å². The quantitative estimate of drug-likeness (QED) is 0.843. The minimum absolute atomic E-state index is 0.0451. The number of hydrogen-bond acceptors (Lipinski definition) is 4. The highest BCUT2D eigenvalue weighted by Gasteiger charge is 2.26. The van der Waals surface area contributed by atoms with Crippen molar-refractivity contribution in [2.24, 2.45) is 0 Å². The Hall–Kier alpha value is -0.790. The van der Waals surface area contributed by atoms with Crippen LogP contribution in [-0.2, 0) is 10.0 Å². The molecule has 100 valence electrons. The number of aromatic hydroxyl groups is 1. The van der Waals surface area contributed by atoms with Crippen LogP contribution < -0.4 is 4.90 Å². The summed E-state index contributed by atoms with van der Waals surface area (Å²) in [7, 11) is -3.18. The van der Waals surface area contributed by atoms with E-state index in [4.69, 9.17) is 0 Å². The van der Waals surface area contributed by atoms with E-state index in [0.29, 0.717) is 26.2 Å². The van der Waals surface area contributed by atoms with Gasteiger partial charge in [0.2, 0.25) is 10.0 Å². The van der Waals surface area contributed by atoms with E-state index < -0.39 is 10.0 Å². The van der Waals surface area contributed by atoms with E-state index in [-0.39, 0.29) is 10.4 Å². The second-order valence-corrected chi connectivity index (χ2v) is 7.37. The Balaban J connectivity index is 2.06. The van der Waals surface area contributed by atoms with Gasteiger partial charge in [-0.1, -0.05) is 28.1 Å². The predicted molar refractivity (Wildman–Crippen MR) is 74.6 cm³/mol. The Labute approximate surface area is 115 Å². The van der Waals surface area contributed by atoms with Gasteiger partial charge in [0.05, 0.1) is 5.69 Å². The lowest BCUT2D eigenvalue weighted by atomic mass is 10.2. The minimum atomic E-state index is -3.18. The van der Waals surface area contributed by atoms with Crippen molar-refractivity contribution in [2.75, 3.05) is 35.7 Å². The summed E-state index contributed by atoms with van der Waals surface area (Å²) in [5, 5.41) is 9.75. The van der Waals surface area contributed by atoms with E-state index in [9.17, 15) is 13.5 Å². The molecule has 0 radical (unpaired) electrons. The molecule has 0 spiro atoms. The first kappa shape index (κ1) is 13.6. The standard InChI is InChI=1S/C11H15BrN2O3S/c12-9-18(16,17)14-7-5-13(6-8-14)10-3-1-2-4-11(10)15/h1-4,15H,5-9H2. The monoisotopic (exact) mass is 334 g/mol. The summed E-state index contributed by atoms with van der Waals surface area (Å²) >= 11 is 2.99. The Morgan fingerprint density at radius 1 is 1.17 bits per heavy atom. The maximum Gasteiger partial charge on any atom is 0.224 e. The lowest BCUT2D eigenvalue weighted by Gasteiger charge is -2.35. The van der Waals surface area contributed by atoms with Crippen LogP contribution in [-0.4, -0.2) is 48.7 Å². The first-order valence-corrected chi connectivity index (χ1v) is 8.34. The fourth-order valence-corrected chi connectivity index (χ4v) is 3.73. The summed E-state index contributed by atoms with van der Waals surface area (Å²) < 4.78 is 24.8. The maximum absolute atomic E-state index is 11.7. The molecule has 1 aliphatic heterocycles. The molecule has 0 unspecified atom stereocenters. The van der Waals surface area contributed by atoms with E-state index in [0.717, 1.165) is 5.69 Å². The van der Waals surface area contributed by atoms with E-state index in [2.05, 4.69) is 15.9 Å². The Morgan fingerprint density at radius 2 is 1.78 bits per heavy atom. The molecule has 5 nitrogen and oxygen atoms in total. The van der Waals surface area contributed by atoms with Crippen LogP contribution in [0.25, 0.3) is 0 Å². The zero-order valence-corrected chi connectivity index (χ0v) is 12.2. The summed E-state index contributed by atoms with van der Waals surface area (Å²) in [6, 6.07) is 7.10. The van der Waals surface area contributed by atoms with Gasteiger partial charge in [-0.2, -0.15) is 4.31 Å². The highest BCUT2D eigenvalue weighted by Crippen LogP contribution is 2.27. The molecule has 0 saturated carbocycles. The maximum atomic E-state index is 11.7. The second-order valence-electron chi connectivity index (χ2n) is 4.10. The zero-order chi connectivity index (χ0) is 13.2. The molecule has 1 fully saturated rings. The largest absolute Gasteiger partial charge is 0.506 e. The number of alkyl halides is 1. The number of benzene rings is 1. The summed E-state index contributed by atoms with van der Waals surface area (Å²) in [6.07, 6.45) is 0. The fourth-order valence-electron chi connectivity index (χ4n) is 2.01. The number of phenolic OH excluding ortho intramolecular Hbond substituents is 1. The molecule has 1 saturated heterocycles. The zero-order valence-electron chi connectivity index (χ0n) is 9.79. The number of hydrogen-bond donors (Lipinski definition) is 1. The number of anilines is 1. The molecular formula is C11H15BrN2O3S. The summed E-state index contributed by atoms with van der Waals surface area (Å²) in [6.45, 7) is 2.07. The molecule has 1 heterocycles. The third-order valence-electron chi connectivity index (χ3n) is 2.99. The average molecular weight is 335 g/mol. The molecule has 2 rings (SSSR count). The van der Waals surface area contributed by atoms with Crippen LogP contribution >= 0.6 is 15.9 Å². The van der Waals surface area contributed by atoms with Gasteiger partial charge in [0.15, 0.2) is 0 Å². The number of sulfonamides is 1. The molecule has 0 bridgehead atoms. The first-order valence-electron chi connectivity index (χ1n) is 5.61. The van der Waals surface area contributed by atoms with E-state index in [1.165, 1.54) is 4.31 Å². The summed E-state index contributed by atoms with van der Waals surface area (Å²) in [5.41, 5.74) is 0.758. The Kier molecular flexibility index (Phi) is 4.14. The molecule has 1 aromatic rings. The average Bonchev–Trinajstić information content (AvgIpc) is 2.39. The van der Waals surface area contributed by atoms with Gasteiger partial charge in [-0.3, -0.25) is 0 Å². The second kappa shape index (κ2) is 5.46. The van der Waals surface area contributed by atoms with Gasteiger partial charge in [0, 0.05) is 26.2 Å². The molecule has 0 amide bonds. The van der Waals surface area contributed by atoms with Crippen LogP contribution in [0.3, 0.4) is 0 Å². The van der Waals surface area contributed by atoms with Crippen molar-refractivity contribution in [3.63, 3.8) is 0 Å². The van der Waals surface area contributed by atoms with Gasteiger partial charge in [-0.25, -0.2) is 8.42 Å². The van der Waals surface area contributed by atoms with Crippen LogP contribution in [0.5, 0.6) is 5.75 Å². The molecule has 0 aromatic heterocycles. The van der Waals surface area contributed by atoms with Crippen LogP contribution in [0.15, 0.2) is 24.3 Å². The predicted octanol–water partition coefficient (Wildman–Crippen LogP) is 1.20. The van der Waals surface area contributed by atoms with Gasteiger partial charge in [0.25, 0.3) is 0 Å². The number of para-hydroxylation sites is 2. The molecule has 0 atom stereocenters. The van der Waals surface area contributed by atoms with Crippen molar-refractivity contribution in [2.45, 2.75) is 0 Å². The smallest absolute Gasteiger partial charge is 0.224 e. The Morgan fingerprint density at radius 3 is 2.33 bits per heavy atom. The highest BCUT2D eigenvalue weighted by molar-refractivity contribution is 9.10. The molecular weight excluding hydrogens is 320 g/mol. The van der Waals surface area contributed by atoms with Gasteiger partial charge in [-0.15, -0.1) is 0 Å². The molecule has 1 aromatic carbocycles. The van der Waals surface area contributed by atoms with E-state index in [1.807, 2.05) is 17.0 Å². The SMILES string of the molecule is O=S(=O)(CBr)N1CCN(c2ccccc2O)CC1. The first-order chi connectivity index (χ1) is 8.54. The van der Waals surface area contributed by atoms with Crippen molar-refractivity contribution in [3.05, 3.63) is 24.3 Å².